The second-order valence-electron chi connectivity index (χ2n) is 4.74. The molecule has 0 bridgehead atoms. The maximum atomic E-state index is 6.04. The molecule has 2 nitrogen and oxygen atoms in total. The van der Waals surface area contributed by atoms with Crippen molar-refractivity contribution in [2.75, 3.05) is 0 Å². The van der Waals surface area contributed by atoms with E-state index in [4.69, 9.17) is 22.7 Å². The molecule has 1 aromatic carbocycles. The third-order valence-corrected chi connectivity index (χ3v) is 3.47. The van der Waals surface area contributed by atoms with E-state index >= 15 is 0 Å². The van der Waals surface area contributed by atoms with Gasteiger partial charge >= 0.3 is 0 Å². The molecular formula is C14H19NOS. The Morgan fingerprint density at radius 3 is 2.65 bits per heavy atom. The summed E-state index contributed by atoms with van der Waals surface area (Å²) in [7, 11) is 0. The Morgan fingerprint density at radius 1 is 1.29 bits per heavy atom. The van der Waals surface area contributed by atoms with Gasteiger partial charge in [0.2, 0.25) is 0 Å². The van der Waals surface area contributed by atoms with Gasteiger partial charge in [0.1, 0.15) is 10.7 Å². The van der Waals surface area contributed by atoms with Crippen molar-refractivity contribution in [1.82, 2.24) is 0 Å². The van der Waals surface area contributed by atoms with E-state index in [0.29, 0.717) is 11.1 Å². The predicted octanol–water partition coefficient (Wildman–Crippen LogP) is 3.34. The Morgan fingerprint density at radius 2 is 2.00 bits per heavy atom. The maximum absolute atomic E-state index is 6.04. The normalized spacial score (nSPS) is 16.8. The number of hydrogen-bond donors (Lipinski definition) is 1. The molecule has 92 valence electrons. The fourth-order valence-electron chi connectivity index (χ4n) is 2.30. The molecular weight excluding hydrogens is 230 g/mol. The zero-order chi connectivity index (χ0) is 12.3. The number of hydrogen-bond acceptors (Lipinski definition) is 2. The average Bonchev–Trinajstić information content (AvgIpc) is 2.32. The lowest BCUT2D eigenvalue weighted by molar-refractivity contribution is 0.154. The van der Waals surface area contributed by atoms with Crippen LogP contribution >= 0.6 is 12.2 Å². The summed E-state index contributed by atoms with van der Waals surface area (Å²) in [5.74, 6) is 0.843. The van der Waals surface area contributed by atoms with Crippen LogP contribution in [-0.2, 0) is 0 Å². The zero-order valence-electron chi connectivity index (χ0n) is 10.2. The Hall–Kier alpha value is -1.09. The highest BCUT2D eigenvalue weighted by Crippen LogP contribution is 2.26. The smallest absolute Gasteiger partial charge is 0.129 e. The second-order valence-corrected chi connectivity index (χ2v) is 5.18. The van der Waals surface area contributed by atoms with Gasteiger partial charge in [-0.3, -0.25) is 0 Å². The summed E-state index contributed by atoms with van der Waals surface area (Å²) in [5, 5.41) is 0. The number of benzene rings is 1. The van der Waals surface area contributed by atoms with Gasteiger partial charge in [-0.1, -0.05) is 30.3 Å². The standard InChI is InChI=1S/C14H19NOS/c1-10-7-8-13(12(9-10)14(15)17)16-11-5-3-2-4-6-11/h7-9,11H,2-6H2,1H3,(H2,15,17). The Kier molecular flexibility index (Phi) is 4.00. The Balaban J connectivity index is 2.16. The minimum Gasteiger partial charge on any atom is -0.490 e. The lowest BCUT2D eigenvalue weighted by Gasteiger charge is -2.24. The van der Waals surface area contributed by atoms with Gasteiger partial charge < -0.3 is 10.5 Å². The average molecular weight is 249 g/mol. The van der Waals surface area contributed by atoms with E-state index in [1.807, 2.05) is 25.1 Å². The van der Waals surface area contributed by atoms with E-state index < -0.39 is 0 Å². The minimum absolute atomic E-state index is 0.333. The van der Waals surface area contributed by atoms with Gasteiger partial charge in [-0.05, 0) is 44.7 Å². The van der Waals surface area contributed by atoms with Crippen LogP contribution < -0.4 is 10.5 Å². The van der Waals surface area contributed by atoms with Gasteiger partial charge in [0.05, 0.1) is 11.7 Å². The van der Waals surface area contributed by atoms with Crippen LogP contribution in [0.1, 0.15) is 43.2 Å². The molecule has 17 heavy (non-hydrogen) atoms. The van der Waals surface area contributed by atoms with Gasteiger partial charge in [0.15, 0.2) is 0 Å². The van der Waals surface area contributed by atoms with Gasteiger partial charge in [0.25, 0.3) is 0 Å². The molecule has 0 heterocycles. The quantitative estimate of drug-likeness (QED) is 0.834. The number of aryl methyl sites for hydroxylation is 1. The highest BCUT2D eigenvalue weighted by Gasteiger charge is 2.17. The molecule has 1 saturated carbocycles. The van der Waals surface area contributed by atoms with E-state index in [1.54, 1.807) is 0 Å². The van der Waals surface area contributed by atoms with Crippen molar-refractivity contribution in [3.63, 3.8) is 0 Å². The summed E-state index contributed by atoms with van der Waals surface area (Å²) in [5.41, 5.74) is 7.76. The molecule has 0 saturated heterocycles. The third-order valence-electron chi connectivity index (χ3n) is 3.25. The van der Waals surface area contributed by atoms with Crippen LogP contribution in [0.25, 0.3) is 0 Å². The zero-order valence-corrected chi connectivity index (χ0v) is 11.1. The monoisotopic (exact) mass is 249 g/mol. The highest BCUT2D eigenvalue weighted by molar-refractivity contribution is 7.80. The van der Waals surface area contributed by atoms with E-state index in [-0.39, 0.29) is 0 Å². The lowest BCUT2D eigenvalue weighted by atomic mass is 9.97. The minimum atomic E-state index is 0.333. The molecule has 0 radical (unpaired) electrons. The van der Waals surface area contributed by atoms with E-state index in [1.165, 1.54) is 19.3 Å². The number of rotatable bonds is 3. The molecule has 1 fully saturated rings. The van der Waals surface area contributed by atoms with Gasteiger partial charge in [0, 0.05) is 0 Å². The van der Waals surface area contributed by atoms with Crippen LogP contribution in [0.4, 0.5) is 0 Å². The summed E-state index contributed by atoms with van der Waals surface area (Å²) in [4.78, 5) is 0.416. The molecule has 1 aliphatic carbocycles. The molecule has 0 aliphatic heterocycles. The Labute approximate surface area is 108 Å². The molecule has 0 unspecified atom stereocenters. The number of nitrogens with two attached hydrogens (primary N) is 1. The third kappa shape index (κ3) is 3.19. The van der Waals surface area contributed by atoms with Crippen molar-refractivity contribution in [2.45, 2.75) is 45.1 Å². The first-order valence-corrected chi connectivity index (χ1v) is 6.65. The molecule has 1 aliphatic rings. The first-order valence-electron chi connectivity index (χ1n) is 6.24. The van der Waals surface area contributed by atoms with Crippen molar-refractivity contribution in [3.8, 4) is 5.75 Å². The first-order chi connectivity index (χ1) is 8.16. The van der Waals surface area contributed by atoms with Gasteiger partial charge in [-0.25, -0.2) is 0 Å². The molecule has 0 aromatic heterocycles. The van der Waals surface area contributed by atoms with E-state index in [0.717, 1.165) is 29.7 Å². The molecule has 0 atom stereocenters. The molecule has 3 heteroatoms. The molecule has 0 amide bonds. The van der Waals surface area contributed by atoms with Gasteiger partial charge in [-0.2, -0.15) is 0 Å². The highest BCUT2D eigenvalue weighted by atomic mass is 32.1. The predicted molar refractivity (Wildman–Crippen MR) is 74.6 cm³/mol. The summed E-state index contributed by atoms with van der Waals surface area (Å²) in [6, 6.07) is 6.03. The molecule has 0 spiro atoms. The molecule has 2 N–H and O–H groups in total. The van der Waals surface area contributed by atoms with Crippen LogP contribution in [0.5, 0.6) is 5.75 Å². The van der Waals surface area contributed by atoms with E-state index in [9.17, 15) is 0 Å². The SMILES string of the molecule is Cc1ccc(OC2CCCCC2)c(C(N)=S)c1. The second kappa shape index (κ2) is 5.50. The number of ether oxygens (including phenoxy) is 1. The van der Waals surface area contributed by atoms with Crippen LogP contribution in [0, 0.1) is 6.92 Å². The topological polar surface area (TPSA) is 35.2 Å². The Bertz CT molecular complexity index is 411. The van der Waals surface area contributed by atoms with Crippen LogP contribution in [0.15, 0.2) is 18.2 Å². The fourth-order valence-corrected chi connectivity index (χ4v) is 2.46. The van der Waals surface area contributed by atoms with Crippen molar-refractivity contribution in [2.24, 2.45) is 5.73 Å². The summed E-state index contributed by atoms with van der Waals surface area (Å²) >= 11 is 5.07. The van der Waals surface area contributed by atoms with Gasteiger partial charge in [-0.15, -0.1) is 0 Å². The van der Waals surface area contributed by atoms with E-state index in [2.05, 4.69) is 0 Å². The molecule has 2 rings (SSSR count). The van der Waals surface area contributed by atoms with Crippen molar-refractivity contribution < 1.29 is 4.74 Å². The van der Waals surface area contributed by atoms with Crippen molar-refractivity contribution in [1.29, 1.82) is 0 Å². The summed E-state index contributed by atoms with van der Waals surface area (Å²) in [6.07, 6.45) is 6.47. The van der Waals surface area contributed by atoms with Crippen molar-refractivity contribution in [3.05, 3.63) is 29.3 Å². The summed E-state index contributed by atoms with van der Waals surface area (Å²) < 4.78 is 6.04. The summed E-state index contributed by atoms with van der Waals surface area (Å²) in [6.45, 7) is 2.03. The first kappa shape index (κ1) is 12.4. The van der Waals surface area contributed by atoms with Crippen LogP contribution in [-0.4, -0.2) is 11.1 Å². The largest absolute Gasteiger partial charge is 0.490 e. The molecule has 1 aromatic rings. The van der Waals surface area contributed by atoms with Crippen LogP contribution in [0.3, 0.4) is 0 Å². The van der Waals surface area contributed by atoms with Crippen molar-refractivity contribution >= 4 is 17.2 Å². The maximum Gasteiger partial charge on any atom is 0.129 e. The fraction of sp³-hybridized carbons (Fsp3) is 0.500. The van der Waals surface area contributed by atoms with Crippen LogP contribution in [0.2, 0.25) is 0 Å². The lowest BCUT2D eigenvalue weighted by Crippen LogP contribution is -2.21. The number of thiocarbonyl (C=S) groups is 1.